The van der Waals surface area contributed by atoms with Gasteiger partial charge in [0.05, 0.1) is 11.0 Å². The van der Waals surface area contributed by atoms with Crippen molar-refractivity contribution in [3.8, 4) is 5.69 Å². The predicted molar refractivity (Wildman–Crippen MR) is 92.0 cm³/mol. The molecule has 2 aromatic carbocycles. The molecule has 1 N–H and O–H groups in total. The van der Waals surface area contributed by atoms with E-state index in [2.05, 4.69) is 10.3 Å². The van der Waals surface area contributed by atoms with Crippen LogP contribution in [-0.2, 0) is 0 Å². The average Bonchev–Trinajstić information content (AvgIpc) is 2.98. The predicted octanol–water partition coefficient (Wildman–Crippen LogP) is 2.32. The minimum atomic E-state index is -0.0473. The van der Waals surface area contributed by atoms with Crippen LogP contribution in [0.2, 0.25) is 0 Å². The van der Waals surface area contributed by atoms with Gasteiger partial charge in [0.1, 0.15) is 6.33 Å². The second-order valence-corrected chi connectivity index (χ2v) is 5.71. The molecule has 5 nitrogen and oxygen atoms in total. The molecule has 1 heterocycles. The number of aromatic nitrogens is 2. The van der Waals surface area contributed by atoms with Gasteiger partial charge in [-0.15, -0.1) is 0 Å². The highest BCUT2D eigenvalue weighted by Gasteiger charge is 2.07. The molecule has 0 aliphatic carbocycles. The fourth-order valence-corrected chi connectivity index (χ4v) is 2.43. The number of nitrogens with zero attached hydrogens (tertiary/aromatic N) is 3. The van der Waals surface area contributed by atoms with E-state index in [1.807, 2.05) is 72.1 Å². The zero-order valence-electron chi connectivity index (χ0n) is 13.4. The highest BCUT2D eigenvalue weighted by atomic mass is 16.1. The number of nitrogens with one attached hydrogen (secondary N) is 1. The summed E-state index contributed by atoms with van der Waals surface area (Å²) in [7, 11) is 3.97. The van der Waals surface area contributed by atoms with E-state index >= 15 is 0 Å². The van der Waals surface area contributed by atoms with Crippen molar-refractivity contribution in [2.24, 2.45) is 0 Å². The maximum absolute atomic E-state index is 12.1. The van der Waals surface area contributed by atoms with Gasteiger partial charge in [0.2, 0.25) is 0 Å². The zero-order chi connectivity index (χ0) is 16.2. The largest absolute Gasteiger partial charge is 0.351 e. The smallest absolute Gasteiger partial charge is 0.251 e. The van der Waals surface area contributed by atoms with Crippen LogP contribution in [0, 0.1) is 0 Å². The van der Waals surface area contributed by atoms with Crippen molar-refractivity contribution in [2.75, 3.05) is 27.2 Å². The van der Waals surface area contributed by atoms with Crippen LogP contribution in [0.25, 0.3) is 16.7 Å². The van der Waals surface area contributed by atoms with Crippen molar-refractivity contribution >= 4 is 16.9 Å². The number of rotatable bonds is 5. The number of imidazole rings is 1. The Balaban J connectivity index is 1.75. The molecule has 0 aliphatic heterocycles. The summed E-state index contributed by atoms with van der Waals surface area (Å²) in [5.74, 6) is -0.0473. The van der Waals surface area contributed by atoms with Crippen molar-refractivity contribution < 1.29 is 4.79 Å². The second kappa shape index (κ2) is 6.62. The molecule has 3 rings (SSSR count). The number of carbonyl (C=O) groups excluding carboxylic acids is 1. The fraction of sp³-hybridized carbons (Fsp3) is 0.222. The maximum atomic E-state index is 12.1. The van der Waals surface area contributed by atoms with Crippen LogP contribution in [0.15, 0.2) is 54.9 Å². The van der Waals surface area contributed by atoms with Gasteiger partial charge in [0.25, 0.3) is 5.91 Å². The van der Waals surface area contributed by atoms with Gasteiger partial charge in [0.15, 0.2) is 0 Å². The summed E-state index contributed by atoms with van der Waals surface area (Å²) in [5, 5.41) is 2.91. The van der Waals surface area contributed by atoms with E-state index in [4.69, 9.17) is 0 Å². The highest BCUT2D eigenvalue weighted by Crippen LogP contribution is 2.18. The molecule has 0 unspecified atom stereocenters. The minimum Gasteiger partial charge on any atom is -0.351 e. The van der Waals surface area contributed by atoms with Gasteiger partial charge in [-0.3, -0.25) is 9.36 Å². The molecule has 0 saturated carbocycles. The Bertz CT molecular complexity index is 805. The van der Waals surface area contributed by atoms with E-state index in [0.717, 1.165) is 23.3 Å². The lowest BCUT2D eigenvalue weighted by Gasteiger charge is -2.11. The van der Waals surface area contributed by atoms with Crippen molar-refractivity contribution in [1.29, 1.82) is 0 Å². The molecule has 0 fully saturated rings. The molecular formula is C18H20N4O. The minimum absolute atomic E-state index is 0.0473. The van der Waals surface area contributed by atoms with Gasteiger partial charge in [0, 0.05) is 24.3 Å². The summed E-state index contributed by atoms with van der Waals surface area (Å²) >= 11 is 0. The number of fused-ring (bicyclic) bond motifs is 1. The van der Waals surface area contributed by atoms with Gasteiger partial charge in [-0.2, -0.15) is 0 Å². The summed E-state index contributed by atoms with van der Waals surface area (Å²) in [5.41, 5.74) is 3.66. The molecule has 1 amide bonds. The van der Waals surface area contributed by atoms with Crippen LogP contribution in [-0.4, -0.2) is 47.5 Å². The van der Waals surface area contributed by atoms with Gasteiger partial charge < -0.3 is 10.2 Å². The molecule has 3 aromatic rings. The van der Waals surface area contributed by atoms with Crippen LogP contribution in [0.5, 0.6) is 0 Å². The van der Waals surface area contributed by atoms with Crippen molar-refractivity contribution in [3.05, 3.63) is 60.4 Å². The number of likely N-dealkylation sites (N-methyl/N-ethyl adjacent to an activating group) is 1. The lowest BCUT2D eigenvalue weighted by Crippen LogP contribution is -2.31. The third-order valence-corrected chi connectivity index (χ3v) is 3.71. The van der Waals surface area contributed by atoms with Crippen LogP contribution in [0.3, 0.4) is 0 Å². The molecule has 0 bridgehead atoms. The standard InChI is InChI=1S/C18H20N4O/c1-21(2)12-11-19-18(23)14-7-9-15(10-8-14)22-13-20-16-5-3-4-6-17(16)22/h3-10,13H,11-12H2,1-2H3,(H,19,23). The van der Waals surface area contributed by atoms with Crippen LogP contribution in [0.4, 0.5) is 0 Å². The first kappa shape index (κ1) is 15.2. The Morgan fingerprint density at radius 1 is 1.13 bits per heavy atom. The van der Waals surface area contributed by atoms with Crippen molar-refractivity contribution in [1.82, 2.24) is 19.8 Å². The summed E-state index contributed by atoms with van der Waals surface area (Å²) in [6.07, 6.45) is 1.80. The van der Waals surface area contributed by atoms with E-state index < -0.39 is 0 Å². The Morgan fingerprint density at radius 2 is 1.87 bits per heavy atom. The van der Waals surface area contributed by atoms with Crippen LogP contribution in [0.1, 0.15) is 10.4 Å². The zero-order valence-corrected chi connectivity index (χ0v) is 13.4. The summed E-state index contributed by atoms with van der Waals surface area (Å²) in [6.45, 7) is 1.46. The number of para-hydroxylation sites is 2. The van der Waals surface area contributed by atoms with Crippen molar-refractivity contribution in [2.45, 2.75) is 0 Å². The SMILES string of the molecule is CN(C)CCNC(=O)c1ccc(-n2cnc3ccccc32)cc1. The Hall–Kier alpha value is -2.66. The average molecular weight is 308 g/mol. The molecule has 0 radical (unpaired) electrons. The highest BCUT2D eigenvalue weighted by molar-refractivity contribution is 5.94. The van der Waals surface area contributed by atoms with E-state index in [9.17, 15) is 4.79 Å². The monoisotopic (exact) mass is 308 g/mol. The van der Waals surface area contributed by atoms with E-state index in [1.54, 1.807) is 6.33 Å². The Labute approximate surface area is 135 Å². The lowest BCUT2D eigenvalue weighted by atomic mass is 10.2. The van der Waals surface area contributed by atoms with Gasteiger partial charge >= 0.3 is 0 Å². The molecule has 1 aromatic heterocycles. The van der Waals surface area contributed by atoms with E-state index in [-0.39, 0.29) is 5.91 Å². The second-order valence-electron chi connectivity index (χ2n) is 5.71. The molecule has 118 valence electrons. The summed E-state index contributed by atoms with van der Waals surface area (Å²) in [4.78, 5) is 18.5. The fourth-order valence-electron chi connectivity index (χ4n) is 2.43. The van der Waals surface area contributed by atoms with Gasteiger partial charge in [-0.05, 0) is 50.5 Å². The van der Waals surface area contributed by atoms with Gasteiger partial charge in [-0.25, -0.2) is 4.98 Å². The number of hydrogen-bond acceptors (Lipinski definition) is 3. The van der Waals surface area contributed by atoms with E-state index in [1.165, 1.54) is 0 Å². The summed E-state index contributed by atoms with van der Waals surface area (Å²) in [6, 6.07) is 15.5. The number of hydrogen-bond donors (Lipinski definition) is 1. The molecule has 0 aliphatic rings. The maximum Gasteiger partial charge on any atom is 0.251 e. The van der Waals surface area contributed by atoms with Crippen molar-refractivity contribution in [3.63, 3.8) is 0 Å². The lowest BCUT2D eigenvalue weighted by molar-refractivity contribution is 0.0951. The Kier molecular flexibility index (Phi) is 4.39. The normalized spacial score (nSPS) is 11.1. The van der Waals surface area contributed by atoms with Crippen LogP contribution < -0.4 is 5.32 Å². The third kappa shape index (κ3) is 3.40. The molecule has 23 heavy (non-hydrogen) atoms. The van der Waals surface area contributed by atoms with Crippen LogP contribution >= 0.6 is 0 Å². The molecule has 0 saturated heterocycles. The first-order chi connectivity index (χ1) is 11.1. The first-order valence-corrected chi connectivity index (χ1v) is 7.60. The molecular weight excluding hydrogens is 288 g/mol. The number of benzene rings is 2. The molecule has 0 spiro atoms. The third-order valence-electron chi connectivity index (χ3n) is 3.71. The summed E-state index contributed by atoms with van der Waals surface area (Å²) < 4.78 is 2.02. The first-order valence-electron chi connectivity index (χ1n) is 7.60. The number of amides is 1. The molecule has 5 heteroatoms. The number of carbonyl (C=O) groups is 1. The topological polar surface area (TPSA) is 50.2 Å². The Morgan fingerprint density at radius 3 is 2.61 bits per heavy atom. The van der Waals surface area contributed by atoms with E-state index in [0.29, 0.717) is 12.1 Å². The molecule has 0 atom stereocenters. The van der Waals surface area contributed by atoms with Gasteiger partial charge in [-0.1, -0.05) is 12.1 Å². The quantitative estimate of drug-likeness (QED) is 0.787.